The molecule has 0 spiro atoms. The molecule has 20 heavy (non-hydrogen) atoms. The van der Waals surface area contributed by atoms with Gasteiger partial charge in [0.1, 0.15) is 6.33 Å². The second-order valence-electron chi connectivity index (χ2n) is 4.63. The molecule has 102 valence electrons. The van der Waals surface area contributed by atoms with Crippen LogP contribution in [0.1, 0.15) is 11.3 Å². The zero-order valence-electron chi connectivity index (χ0n) is 11.1. The van der Waals surface area contributed by atoms with E-state index in [1.54, 1.807) is 30.3 Å². The van der Waals surface area contributed by atoms with Crippen LogP contribution in [0.5, 0.6) is 0 Å². The first-order valence-electron chi connectivity index (χ1n) is 6.11. The molecule has 6 heteroatoms. The largest absolute Gasteiger partial charge is 0.269 e. The van der Waals surface area contributed by atoms with Crippen molar-refractivity contribution in [3.05, 3.63) is 54.1 Å². The van der Waals surface area contributed by atoms with Crippen LogP contribution >= 0.6 is 0 Å². The van der Waals surface area contributed by atoms with Gasteiger partial charge in [0.05, 0.1) is 10.6 Å². The van der Waals surface area contributed by atoms with E-state index >= 15 is 0 Å². The smallest absolute Gasteiger partial charge is 0.241 e. The lowest BCUT2D eigenvalue weighted by Gasteiger charge is -2.07. The number of nitrogens with zero attached hydrogens (tertiary/aromatic N) is 3. The van der Waals surface area contributed by atoms with Gasteiger partial charge in [-0.2, -0.15) is 0 Å². The minimum atomic E-state index is -3.63. The molecule has 0 saturated carbocycles. The molecule has 0 radical (unpaired) electrons. The average molecular weight is 287 g/mol. The fraction of sp³-hybridized carbons (Fsp3) is 0.143. The predicted octanol–water partition coefficient (Wildman–Crippen LogP) is 2.29. The SMILES string of the molecule is Cc1ccc(S(=O)(=O)n2ccc3c(C)ncnc32)cc1. The summed E-state index contributed by atoms with van der Waals surface area (Å²) in [5.74, 6) is 0. The number of hydrogen-bond acceptors (Lipinski definition) is 4. The van der Waals surface area contributed by atoms with Crippen molar-refractivity contribution >= 4 is 21.1 Å². The maximum atomic E-state index is 12.6. The van der Waals surface area contributed by atoms with Gasteiger partial charge in [0.2, 0.25) is 0 Å². The number of fused-ring (bicyclic) bond motifs is 1. The Labute approximate surface area is 117 Å². The summed E-state index contributed by atoms with van der Waals surface area (Å²) in [5.41, 5.74) is 2.17. The van der Waals surface area contributed by atoms with E-state index in [9.17, 15) is 8.42 Å². The molecule has 5 nitrogen and oxygen atoms in total. The van der Waals surface area contributed by atoms with Crippen molar-refractivity contribution in [3.63, 3.8) is 0 Å². The molecule has 0 fully saturated rings. The van der Waals surface area contributed by atoms with Crippen molar-refractivity contribution in [2.75, 3.05) is 0 Å². The molecular formula is C14H13N3O2S. The highest BCUT2D eigenvalue weighted by molar-refractivity contribution is 7.90. The third kappa shape index (κ3) is 1.89. The molecule has 2 aromatic heterocycles. The lowest BCUT2D eigenvalue weighted by atomic mass is 10.2. The van der Waals surface area contributed by atoms with E-state index in [-0.39, 0.29) is 4.90 Å². The maximum absolute atomic E-state index is 12.6. The molecule has 2 heterocycles. The Kier molecular flexibility index (Phi) is 2.83. The molecule has 0 aliphatic rings. The van der Waals surface area contributed by atoms with Gasteiger partial charge in [-0.15, -0.1) is 0 Å². The Bertz CT molecular complexity index is 880. The molecule has 1 aromatic carbocycles. The van der Waals surface area contributed by atoms with E-state index in [2.05, 4.69) is 9.97 Å². The van der Waals surface area contributed by atoms with E-state index in [4.69, 9.17) is 0 Å². The summed E-state index contributed by atoms with van der Waals surface area (Å²) in [5, 5.41) is 0.739. The fourth-order valence-electron chi connectivity index (χ4n) is 2.07. The van der Waals surface area contributed by atoms with E-state index < -0.39 is 10.0 Å². The zero-order chi connectivity index (χ0) is 14.3. The molecule has 3 rings (SSSR count). The number of aromatic nitrogens is 3. The van der Waals surface area contributed by atoms with Crippen molar-refractivity contribution < 1.29 is 8.42 Å². The summed E-state index contributed by atoms with van der Waals surface area (Å²) < 4.78 is 26.5. The number of rotatable bonds is 2. The van der Waals surface area contributed by atoms with Gasteiger partial charge in [-0.3, -0.25) is 0 Å². The highest BCUT2D eigenvalue weighted by Crippen LogP contribution is 2.21. The first-order chi connectivity index (χ1) is 9.50. The summed E-state index contributed by atoms with van der Waals surface area (Å²) in [6, 6.07) is 8.48. The highest BCUT2D eigenvalue weighted by atomic mass is 32.2. The van der Waals surface area contributed by atoms with Crippen LogP contribution < -0.4 is 0 Å². The molecule has 0 bridgehead atoms. The second-order valence-corrected chi connectivity index (χ2v) is 6.44. The topological polar surface area (TPSA) is 64.8 Å². The van der Waals surface area contributed by atoms with Crippen molar-refractivity contribution in [1.82, 2.24) is 13.9 Å². The molecule has 0 N–H and O–H groups in total. The Hall–Kier alpha value is -2.21. The van der Waals surface area contributed by atoms with Gasteiger partial charge >= 0.3 is 0 Å². The normalized spacial score (nSPS) is 11.9. The van der Waals surface area contributed by atoms with Crippen LogP contribution in [-0.2, 0) is 10.0 Å². The third-order valence-corrected chi connectivity index (χ3v) is 4.91. The Morgan fingerprint density at radius 1 is 1.00 bits per heavy atom. The molecule has 0 atom stereocenters. The fourth-order valence-corrected chi connectivity index (χ4v) is 3.37. The molecular weight excluding hydrogens is 274 g/mol. The van der Waals surface area contributed by atoms with Crippen molar-refractivity contribution in [2.45, 2.75) is 18.7 Å². The quantitative estimate of drug-likeness (QED) is 0.725. The molecule has 0 aliphatic carbocycles. The second kappa shape index (κ2) is 4.42. The summed E-state index contributed by atoms with van der Waals surface area (Å²) in [6.45, 7) is 3.74. The molecule has 0 unspecified atom stereocenters. The van der Waals surface area contributed by atoms with Crippen LogP contribution in [0.3, 0.4) is 0 Å². The summed E-state index contributed by atoms with van der Waals surface area (Å²) in [6.07, 6.45) is 2.89. The van der Waals surface area contributed by atoms with Gasteiger partial charge in [0, 0.05) is 11.6 Å². The summed E-state index contributed by atoms with van der Waals surface area (Å²) >= 11 is 0. The van der Waals surface area contributed by atoms with Gasteiger partial charge in [-0.1, -0.05) is 17.7 Å². The van der Waals surface area contributed by atoms with Crippen LogP contribution in [0.4, 0.5) is 0 Å². The van der Waals surface area contributed by atoms with Gasteiger partial charge in [-0.05, 0) is 32.0 Å². The van der Waals surface area contributed by atoms with Gasteiger partial charge < -0.3 is 0 Å². The van der Waals surface area contributed by atoms with Crippen LogP contribution in [0, 0.1) is 13.8 Å². The number of benzene rings is 1. The molecule has 3 aromatic rings. The van der Waals surface area contributed by atoms with Crippen molar-refractivity contribution in [2.24, 2.45) is 0 Å². The Morgan fingerprint density at radius 3 is 2.40 bits per heavy atom. The summed E-state index contributed by atoms with van der Waals surface area (Å²) in [7, 11) is -3.63. The van der Waals surface area contributed by atoms with E-state index in [1.165, 1.54) is 16.5 Å². The standard InChI is InChI=1S/C14H13N3O2S/c1-10-3-5-12(6-4-10)20(18,19)17-8-7-13-11(2)15-9-16-14(13)17/h3-9H,1-2H3. The minimum absolute atomic E-state index is 0.247. The van der Waals surface area contributed by atoms with Gasteiger partial charge in [-0.25, -0.2) is 22.4 Å². The average Bonchev–Trinajstić information content (AvgIpc) is 2.85. The van der Waals surface area contributed by atoms with Crippen molar-refractivity contribution in [1.29, 1.82) is 0 Å². The van der Waals surface area contributed by atoms with Crippen LogP contribution in [0.2, 0.25) is 0 Å². The van der Waals surface area contributed by atoms with Crippen molar-refractivity contribution in [3.8, 4) is 0 Å². The zero-order valence-corrected chi connectivity index (χ0v) is 11.9. The molecule has 0 saturated heterocycles. The van der Waals surface area contributed by atoms with Gasteiger partial charge in [0.25, 0.3) is 10.0 Å². The third-order valence-electron chi connectivity index (χ3n) is 3.23. The first-order valence-corrected chi connectivity index (χ1v) is 7.55. The lowest BCUT2D eigenvalue weighted by Crippen LogP contribution is -2.12. The molecule has 0 aliphatic heterocycles. The predicted molar refractivity (Wildman–Crippen MR) is 76.0 cm³/mol. The van der Waals surface area contributed by atoms with Crippen LogP contribution in [0.25, 0.3) is 11.0 Å². The molecule has 0 amide bonds. The maximum Gasteiger partial charge on any atom is 0.269 e. The van der Waals surface area contributed by atoms with E-state index in [0.29, 0.717) is 5.65 Å². The lowest BCUT2D eigenvalue weighted by molar-refractivity contribution is 0.588. The summed E-state index contributed by atoms with van der Waals surface area (Å²) in [4.78, 5) is 8.40. The Balaban J connectivity index is 2.24. The number of hydrogen-bond donors (Lipinski definition) is 0. The highest BCUT2D eigenvalue weighted by Gasteiger charge is 2.20. The van der Waals surface area contributed by atoms with E-state index in [1.807, 2.05) is 13.8 Å². The van der Waals surface area contributed by atoms with Crippen LogP contribution in [0.15, 0.2) is 47.8 Å². The van der Waals surface area contributed by atoms with E-state index in [0.717, 1.165) is 16.6 Å². The Morgan fingerprint density at radius 2 is 1.70 bits per heavy atom. The minimum Gasteiger partial charge on any atom is -0.241 e. The monoisotopic (exact) mass is 287 g/mol. The van der Waals surface area contributed by atoms with Crippen LogP contribution in [-0.4, -0.2) is 22.4 Å². The van der Waals surface area contributed by atoms with Gasteiger partial charge in [0.15, 0.2) is 5.65 Å². The number of aryl methyl sites for hydroxylation is 2. The first kappa shape index (κ1) is 12.8.